The highest BCUT2D eigenvalue weighted by Gasteiger charge is 2.17. The molecule has 2 aromatic heterocycles. The molecule has 0 saturated carbocycles. The number of amides is 1. The van der Waals surface area contributed by atoms with Gasteiger partial charge in [-0.25, -0.2) is 0 Å². The summed E-state index contributed by atoms with van der Waals surface area (Å²) in [5, 5.41) is 12.3. The molecule has 30 heavy (non-hydrogen) atoms. The lowest BCUT2D eigenvalue weighted by molar-refractivity contribution is -0.113. The van der Waals surface area contributed by atoms with Gasteiger partial charge >= 0.3 is 0 Å². The summed E-state index contributed by atoms with van der Waals surface area (Å²) in [4.78, 5) is 16.9. The zero-order chi connectivity index (χ0) is 20.8. The minimum absolute atomic E-state index is 0.0806. The van der Waals surface area contributed by atoms with Gasteiger partial charge in [-0.15, -0.1) is 10.2 Å². The van der Waals surface area contributed by atoms with Gasteiger partial charge in [0.05, 0.1) is 12.3 Å². The SMILES string of the molecule is Cc1ccccc1NC(=O)CSc1nnc(-c2ccccn2)n1Cc1ccccc1. The molecule has 0 fully saturated rings. The van der Waals surface area contributed by atoms with Crippen molar-refractivity contribution in [2.24, 2.45) is 0 Å². The second kappa shape index (κ2) is 9.37. The second-order valence-corrected chi connectivity index (χ2v) is 7.69. The number of rotatable bonds is 7. The standard InChI is InChI=1S/C23H21N5OS/c1-17-9-5-6-12-19(17)25-21(29)16-30-23-27-26-22(20-13-7-8-14-24-20)28(23)15-18-10-3-2-4-11-18/h2-14H,15-16H2,1H3,(H,25,29). The molecule has 0 bridgehead atoms. The van der Waals surface area contributed by atoms with Gasteiger partial charge in [-0.2, -0.15) is 0 Å². The first-order chi connectivity index (χ1) is 14.7. The quantitative estimate of drug-likeness (QED) is 0.452. The monoisotopic (exact) mass is 415 g/mol. The highest BCUT2D eigenvalue weighted by molar-refractivity contribution is 7.99. The zero-order valence-electron chi connectivity index (χ0n) is 16.5. The van der Waals surface area contributed by atoms with Crippen molar-refractivity contribution in [1.82, 2.24) is 19.7 Å². The Hall–Kier alpha value is -3.45. The third-order valence-corrected chi connectivity index (χ3v) is 5.51. The number of pyridine rings is 1. The van der Waals surface area contributed by atoms with Crippen LogP contribution in [0.3, 0.4) is 0 Å². The number of thioether (sulfide) groups is 1. The Balaban J connectivity index is 1.54. The number of carbonyl (C=O) groups excluding carboxylic acids is 1. The van der Waals surface area contributed by atoms with Crippen molar-refractivity contribution >= 4 is 23.4 Å². The van der Waals surface area contributed by atoms with Gasteiger partial charge in [-0.05, 0) is 36.2 Å². The van der Waals surface area contributed by atoms with Crippen LogP contribution in [0.4, 0.5) is 5.69 Å². The van der Waals surface area contributed by atoms with Crippen molar-refractivity contribution in [3.05, 3.63) is 90.1 Å². The predicted molar refractivity (Wildman–Crippen MR) is 119 cm³/mol. The van der Waals surface area contributed by atoms with E-state index < -0.39 is 0 Å². The summed E-state index contributed by atoms with van der Waals surface area (Å²) in [5.74, 6) is 0.841. The smallest absolute Gasteiger partial charge is 0.234 e. The van der Waals surface area contributed by atoms with Gasteiger partial charge in [-0.1, -0.05) is 66.4 Å². The third kappa shape index (κ3) is 4.75. The molecule has 4 rings (SSSR count). The number of hydrogen-bond acceptors (Lipinski definition) is 5. The number of benzene rings is 2. The van der Waals surface area contributed by atoms with Gasteiger partial charge < -0.3 is 5.32 Å². The summed E-state index contributed by atoms with van der Waals surface area (Å²) in [6, 6.07) is 23.5. The lowest BCUT2D eigenvalue weighted by Crippen LogP contribution is -2.15. The molecule has 7 heteroatoms. The number of nitrogens with one attached hydrogen (secondary N) is 1. The Bertz CT molecular complexity index is 1130. The molecule has 0 spiro atoms. The van der Waals surface area contributed by atoms with Gasteiger partial charge in [-0.3, -0.25) is 14.3 Å². The molecule has 4 aromatic rings. The molecule has 0 aliphatic rings. The number of hydrogen-bond donors (Lipinski definition) is 1. The second-order valence-electron chi connectivity index (χ2n) is 6.74. The van der Waals surface area contributed by atoms with E-state index in [0.717, 1.165) is 22.5 Å². The van der Waals surface area contributed by atoms with Crippen molar-refractivity contribution in [2.75, 3.05) is 11.1 Å². The number of carbonyl (C=O) groups is 1. The van der Waals surface area contributed by atoms with Crippen LogP contribution in [0.25, 0.3) is 11.5 Å². The third-order valence-electron chi connectivity index (χ3n) is 4.55. The first-order valence-corrected chi connectivity index (χ1v) is 10.6. The van der Waals surface area contributed by atoms with Gasteiger partial charge in [0.15, 0.2) is 11.0 Å². The molecule has 150 valence electrons. The summed E-state index contributed by atoms with van der Waals surface area (Å²) in [5.41, 5.74) is 3.72. The normalized spacial score (nSPS) is 10.7. The fourth-order valence-electron chi connectivity index (χ4n) is 3.02. The van der Waals surface area contributed by atoms with E-state index in [1.165, 1.54) is 11.8 Å². The first-order valence-electron chi connectivity index (χ1n) is 9.57. The maximum atomic E-state index is 12.5. The van der Waals surface area contributed by atoms with Crippen LogP contribution in [0.1, 0.15) is 11.1 Å². The summed E-state index contributed by atoms with van der Waals surface area (Å²) in [7, 11) is 0. The number of nitrogens with zero attached hydrogens (tertiary/aromatic N) is 4. The van der Waals surface area contributed by atoms with Gasteiger partial charge in [0.1, 0.15) is 5.69 Å². The molecule has 0 saturated heterocycles. The molecule has 2 aromatic carbocycles. The summed E-state index contributed by atoms with van der Waals surface area (Å²) in [6.45, 7) is 2.57. The van der Waals surface area contributed by atoms with E-state index in [9.17, 15) is 4.79 Å². The highest BCUT2D eigenvalue weighted by atomic mass is 32.2. The van der Waals surface area contributed by atoms with E-state index in [0.29, 0.717) is 17.5 Å². The predicted octanol–water partition coefficient (Wildman–Crippen LogP) is 4.43. The summed E-state index contributed by atoms with van der Waals surface area (Å²) >= 11 is 1.36. The Morgan fingerprint density at radius 3 is 2.50 bits per heavy atom. The largest absolute Gasteiger partial charge is 0.325 e. The van der Waals surface area contributed by atoms with E-state index in [4.69, 9.17) is 0 Å². The van der Waals surface area contributed by atoms with Crippen LogP contribution in [0.2, 0.25) is 0 Å². The highest BCUT2D eigenvalue weighted by Crippen LogP contribution is 2.24. The number of anilines is 1. The van der Waals surface area contributed by atoms with Crippen LogP contribution in [0, 0.1) is 6.92 Å². The molecule has 0 atom stereocenters. The van der Waals surface area contributed by atoms with Crippen molar-refractivity contribution in [2.45, 2.75) is 18.6 Å². The molecule has 2 heterocycles. The average molecular weight is 416 g/mol. The molecule has 0 radical (unpaired) electrons. The lowest BCUT2D eigenvalue weighted by atomic mass is 10.2. The Labute approximate surface area is 179 Å². The van der Waals surface area contributed by atoms with Crippen LogP contribution in [-0.4, -0.2) is 31.4 Å². The van der Waals surface area contributed by atoms with Crippen molar-refractivity contribution < 1.29 is 4.79 Å². The Morgan fingerprint density at radius 1 is 0.967 bits per heavy atom. The van der Waals surface area contributed by atoms with E-state index >= 15 is 0 Å². The Morgan fingerprint density at radius 2 is 1.73 bits per heavy atom. The van der Waals surface area contributed by atoms with Crippen LogP contribution in [0.5, 0.6) is 0 Å². The van der Waals surface area contributed by atoms with Crippen molar-refractivity contribution in [3.8, 4) is 11.5 Å². The molecular formula is C23H21N5OS. The van der Waals surface area contributed by atoms with E-state index in [2.05, 4.69) is 32.6 Å². The molecule has 1 N–H and O–H groups in total. The average Bonchev–Trinajstić information content (AvgIpc) is 3.17. The van der Waals surface area contributed by atoms with Gasteiger partial charge in [0.2, 0.25) is 5.91 Å². The topological polar surface area (TPSA) is 72.7 Å². The van der Waals surface area contributed by atoms with Crippen LogP contribution in [0.15, 0.2) is 84.1 Å². The van der Waals surface area contributed by atoms with Crippen LogP contribution < -0.4 is 5.32 Å². The van der Waals surface area contributed by atoms with Crippen molar-refractivity contribution in [3.63, 3.8) is 0 Å². The molecule has 0 unspecified atom stereocenters. The number of para-hydroxylation sites is 1. The lowest BCUT2D eigenvalue weighted by Gasteiger charge is -2.11. The van der Waals surface area contributed by atoms with Crippen molar-refractivity contribution in [1.29, 1.82) is 0 Å². The summed E-state index contributed by atoms with van der Waals surface area (Å²) in [6.07, 6.45) is 1.74. The first kappa shape index (κ1) is 19.8. The van der Waals surface area contributed by atoms with Crippen LogP contribution in [-0.2, 0) is 11.3 Å². The fraction of sp³-hybridized carbons (Fsp3) is 0.130. The van der Waals surface area contributed by atoms with E-state index in [1.54, 1.807) is 6.20 Å². The maximum absolute atomic E-state index is 12.5. The molecule has 1 amide bonds. The van der Waals surface area contributed by atoms with E-state index in [-0.39, 0.29) is 11.7 Å². The zero-order valence-corrected chi connectivity index (χ0v) is 17.3. The molecule has 0 aliphatic carbocycles. The van der Waals surface area contributed by atoms with Gasteiger partial charge in [0, 0.05) is 11.9 Å². The van der Waals surface area contributed by atoms with E-state index in [1.807, 2.05) is 72.2 Å². The summed E-state index contributed by atoms with van der Waals surface area (Å²) < 4.78 is 2.00. The minimum Gasteiger partial charge on any atom is -0.325 e. The molecular weight excluding hydrogens is 394 g/mol. The molecule has 6 nitrogen and oxygen atoms in total. The number of aromatic nitrogens is 4. The number of aryl methyl sites for hydroxylation is 1. The maximum Gasteiger partial charge on any atom is 0.234 e. The minimum atomic E-state index is -0.0806. The van der Waals surface area contributed by atoms with Crippen LogP contribution >= 0.6 is 11.8 Å². The Kier molecular flexibility index (Phi) is 6.20. The molecule has 0 aliphatic heterocycles. The fourth-order valence-corrected chi connectivity index (χ4v) is 3.76. The van der Waals surface area contributed by atoms with Gasteiger partial charge in [0.25, 0.3) is 0 Å².